The lowest BCUT2D eigenvalue weighted by atomic mass is 10.0. The molecule has 2 aromatic carbocycles. The highest BCUT2D eigenvalue weighted by atomic mass is 35.5. The highest BCUT2D eigenvalue weighted by Crippen LogP contribution is 2.28. The summed E-state index contributed by atoms with van der Waals surface area (Å²) >= 11 is 12.2. The Labute approximate surface area is 243 Å². The van der Waals surface area contributed by atoms with Gasteiger partial charge in [0.15, 0.2) is 6.10 Å². The van der Waals surface area contributed by atoms with Crippen LogP contribution in [-0.2, 0) is 11.3 Å². The van der Waals surface area contributed by atoms with Crippen molar-refractivity contribution < 1.29 is 18.3 Å². The number of hydrogen-bond donors (Lipinski definition) is 0. The van der Waals surface area contributed by atoms with Gasteiger partial charge in [0.25, 0.3) is 5.56 Å². The van der Waals surface area contributed by atoms with E-state index >= 15 is 0 Å². The SMILES string of the molecule is O=CN1CCC(n2c(=O)n(Cc3ccc(-c4cc(Cl)cc(Cl)c4)nc3)c(=O)c3cc(OC(CF)CF)ccc32)CC1. The third-order valence-corrected chi connectivity index (χ3v) is 7.56. The summed E-state index contributed by atoms with van der Waals surface area (Å²) in [6, 6.07) is 12.8. The number of piperidine rings is 1. The quantitative estimate of drug-likeness (QED) is 0.250. The second kappa shape index (κ2) is 12.4. The molecule has 0 saturated carbocycles. The number of halogens is 4. The summed E-state index contributed by atoms with van der Waals surface area (Å²) in [7, 11) is 0. The lowest BCUT2D eigenvalue weighted by Gasteiger charge is -2.31. The van der Waals surface area contributed by atoms with E-state index in [1.807, 2.05) is 0 Å². The molecule has 0 aliphatic carbocycles. The van der Waals surface area contributed by atoms with Gasteiger partial charge < -0.3 is 9.64 Å². The fourth-order valence-corrected chi connectivity index (χ4v) is 5.57. The van der Waals surface area contributed by atoms with Crippen LogP contribution in [0.2, 0.25) is 10.0 Å². The first-order valence-electron chi connectivity index (χ1n) is 13.0. The zero-order chi connectivity index (χ0) is 29.1. The van der Waals surface area contributed by atoms with Crippen LogP contribution in [0.25, 0.3) is 22.2 Å². The van der Waals surface area contributed by atoms with E-state index in [-0.39, 0.29) is 23.7 Å². The lowest BCUT2D eigenvalue weighted by Crippen LogP contribution is -2.44. The first kappa shape index (κ1) is 28.8. The fourth-order valence-electron chi connectivity index (χ4n) is 5.05. The summed E-state index contributed by atoms with van der Waals surface area (Å²) in [4.78, 5) is 44.9. The number of nitrogens with zero attached hydrogens (tertiary/aromatic N) is 4. The van der Waals surface area contributed by atoms with Gasteiger partial charge in [-0.1, -0.05) is 29.3 Å². The smallest absolute Gasteiger partial charge is 0.332 e. The van der Waals surface area contributed by atoms with Crippen molar-refractivity contribution in [3.8, 4) is 17.0 Å². The van der Waals surface area contributed by atoms with E-state index in [0.29, 0.717) is 58.3 Å². The van der Waals surface area contributed by atoms with Gasteiger partial charge in [-0.25, -0.2) is 13.6 Å². The van der Waals surface area contributed by atoms with Crippen LogP contribution in [0.1, 0.15) is 24.4 Å². The fraction of sp³-hybridized carbons (Fsp3) is 0.310. The van der Waals surface area contributed by atoms with Crippen molar-refractivity contribution in [1.82, 2.24) is 19.0 Å². The predicted molar refractivity (Wildman–Crippen MR) is 154 cm³/mol. The molecule has 1 amide bonds. The van der Waals surface area contributed by atoms with Crippen LogP contribution in [0.5, 0.6) is 5.75 Å². The molecule has 1 saturated heterocycles. The third kappa shape index (κ3) is 6.13. The number of alkyl halides is 2. The molecule has 41 heavy (non-hydrogen) atoms. The Bertz CT molecular complexity index is 1660. The number of aromatic nitrogens is 3. The summed E-state index contributed by atoms with van der Waals surface area (Å²) in [5, 5.41) is 1.11. The van der Waals surface area contributed by atoms with Crippen LogP contribution in [0, 0.1) is 0 Å². The summed E-state index contributed by atoms with van der Waals surface area (Å²) < 4.78 is 34.3. The Hall–Kier alpha value is -3.76. The number of fused-ring (bicyclic) bond motifs is 1. The van der Waals surface area contributed by atoms with Gasteiger partial charge in [-0.15, -0.1) is 0 Å². The summed E-state index contributed by atoms with van der Waals surface area (Å²) in [5.74, 6) is 0.119. The van der Waals surface area contributed by atoms with E-state index in [2.05, 4.69) is 4.98 Å². The van der Waals surface area contributed by atoms with Crippen molar-refractivity contribution in [1.29, 1.82) is 0 Å². The second-order valence-electron chi connectivity index (χ2n) is 9.85. The molecule has 214 valence electrons. The number of carbonyl (C=O) groups is 1. The molecule has 2 aromatic heterocycles. The van der Waals surface area contributed by atoms with Crippen LogP contribution < -0.4 is 16.0 Å². The van der Waals surface area contributed by atoms with Crippen LogP contribution in [0.3, 0.4) is 0 Å². The van der Waals surface area contributed by atoms with Crippen molar-refractivity contribution in [3.63, 3.8) is 0 Å². The van der Waals surface area contributed by atoms with Crippen LogP contribution in [-0.4, -0.2) is 58.0 Å². The zero-order valence-corrected chi connectivity index (χ0v) is 23.3. The molecule has 0 bridgehead atoms. The highest BCUT2D eigenvalue weighted by Gasteiger charge is 2.25. The average Bonchev–Trinajstić information content (AvgIpc) is 2.98. The number of amides is 1. The topological polar surface area (TPSA) is 86.4 Å². The van der Waals surface area contributed by atoms with Gasteiger partial charge in [-0.3, -0.25) is 23.7 Å². The van der Waals surface area contributed by atoms with E-state index in [1.54, 1.807) is 52.1 Å². The molecule has 0 N–H and O–H groups in total. The van der Waals surface area contributed by atoms with Crippen molar-refractivity contribution in [3.05, 3.63) is 91.2 Å². The van der Waals surface area contributed by atoms with Gasteiger partial charge in [0, 0.05) is 40.9 Å². The van der Waals surface area contributed by atoms with Crippen LogP contribution in [0.4, 0.5) is 8.78 Å². The molecular formula is C29H26Cl2F2N4O4. The van der Waals surface area contributed by atoms with Gasteiger partial charge in [0.1, 0.15) is 19.1 Å². The number of ether oxygens (including phenoxy) is 1. The zero-order valence-electron chi connectivity index (χ0n) is 21.8. The van der Waals surface area contributed by atoms with E-state index < -0.39 is 30.7 Å². The average molecular weight is 603 g/mol. The normalized spacial score (nSPS) is 14.1. The van der Waals surface area contributed by atoms with Crippen molar-refractivity contribution >= 4 is 40.5 Å². The molecule has 1 fully saturated rings. The summed E-state index contributed by atoms with van der Waals surface area (Å²) in [6.07, 6.45) is 2.09. The minimum Gasteiger partial charge on any atom is -0.485 e. The molecule has 3 heterocycles. The largest absolute Gasteiger partial charge is 0.485 e. The van der Waals surface area contributed by atoms with Crippen molar-refractivity contribution in [2.45, 2.75) is 31.5 Å². The molecule has 1 aliphatic rings. The van der Waals surface area contributed by atoms with E-state index in [9.17, 15) is 23.2 Å². The van der Waals surface area contributed by atoms with Gasteiger partial charge in [-0.05, 0) is 60.9 Å². The Kier molecular flexibility index (Phi) is 8.70. The number of likely N-dealkylation sites (tertiary alicyclic amines) is 1. The van der Waals surface area contributed by atoms with E-state index in [4.69, 9.17) is 27.9 Å². The second-order valence-corrected chi connectivity index (χ2v) is 10.7. The van der Waals surface area contributed by atoms with Gasteiger partial charge in [0.05, 0.1) is 23.1 Å². The number of benzene rings is 2. The van der Waals surface area contributed by atoms with Gasteiger partial charge in [-0.2, -0.15) is 0 Å². The molecule has 8 nitrogen and oxygen atoms in total. The van der Waals surface area contributed by atoms with E-state index in [1.165, 1.54) is 12.1 Å². The molecule has 0 radical (unpaired) electrons. The number of pyridine rings is 1. The minimum atomic E-state index is -1.30. The van der Waals surface area contributed by atoms with Gasteiger partial charge >= 0.3 is 5.69 Å². The maximum atomic E-state index is 13.8. The number of hydrogen-bond acceptors (Lipinski definition) is 5. The number of carbonyl (C=O) groups excluding carboxylic acids is 1. The first-order valence-corrected chi connectivity index (χ1v) is 13.7. The predicted octanol–water partition coefficient (Wildman–Crippen LogP) is 5.06. The Balaban J connectivity index is 1.57. The third-order valence-electron chi connectivity index (χ3n) is 7.12. The Morgan fingerprint density at radius 3 is 2.32 bits per heavy atom. The van der Waals surface area contributed by atoms with Crippen LogP contribution >= 0.6 is 23.2 Å². The Morgan fingerprint density at radius 1 is 1.00 bits per heavy atom. The molecule has 1 aliphatic heterocycles. The molecule has 0 unspecified atom stereocenters. The Morgan fingerprint density at radius 2 is 1.71 bits per heavy atom. The van der Waals surface area contributed by atoms with Crippen LogP contribution in [0.15, 0.2) is 64.3 Å². The molecule has 5 rings (SSSR count). The molecule has 4 aromatic rings. The lowest BCUT2D eigenvalue weighted by molar-refractivity contribution is -0.119. The first-order chi connectivity index (χ1) is 19.8. The van der Waals surface area contributed by atoms with Crippen molar-refractivity contribution in [2.24, 2.45) is 0 Å². The van der Waals surface area contributed by atoms with Gasteiger partial charge in [0.2, 0.25) is 6.41 Å². The molecule has 0 atom stereocenters. The minimum absolute atomic E-state index is 0.0625. The molecular weight excluding hydrogens is 577 g/mol. The summed E-state index contributed by atoms with van der Waals surface area (Å²) in [5.41, 5.74) is 1.24. The summed E-state index contributed by atoms with van der Waals surface area (Å²) in [6.45, 7) is -1.19. The monoisotopic (exact) mass is 602 g/mol. The maximum absolute atomic E-state index is 13.8. The highest BCUT2D eigenvalue weighted by molar-refractivity contribution is 6.35. The van der Waals surface area contributed by atoms with E-state index in [0.717, 1.165) is 11.0 Å². The molecule has 0 spiro atoms. The number of rotatable bonds is 9. The standard InChI is InChI=1S/C29H26Cl2F2N4O4/c30-20-9-19(10-21(31)11-20)26-3-1-18(15-34-26)16-36-28(39)25-12-23(41-24(13-32)14-33)2-4-27(25)37(29(36)40)22-5-7-35(17-38)8-6-22/h1-4,9-12,15,17,22,24H,5-8,13-14,16H2. The van der Waals surface area contributed by atoms with Crippen molar-refractivity contribution in [2.75, 3.05) is 26.4 Å². The maximum Gasteiger partial charge on any atom is 0.332 e. The molecule has 12 heteroatoms.